The predicted octanol–water partition coefficient (Wildman–Crippen LogP) is 3.36. The number of carbonyl (C=O) groups excluding carboxylic acids is 2. The number of nitrogens with two attached hydrogens (primary N) is 1. The number of amides is 2. The summed E-state index contributed by atoms with van der Waals surface area (Å²) in [5.74, 6) is 0.443. The number of hydrogen-bond donors (Lipinski definition) is 2. The molecule has 0 saturated heterocycles. The van der Waals surface area contributed by atoms with Gasteiger partial charge in [-0.25, -0.2) is 0 Å². The van der Waals surface area contributed by atoms with Gasteiger partial charge in [-0.2, -0.15) is 0 Å². The summed E-state index contributed by atoms with van der Waals surface area (Å²) in [5, 5.41) is 3.07. The van der Waals surface area contributed by atoms with Crippen molar-refractivity contribution in [1.29, 1.82) is 0 Å². The van der Waals surface area contributed by atoms with Gasteiger partial charge < -0.3 is 20.7 Å². The number of rotatable bonds is 9. The summed E-state index contributed by atoms with van der Waals surface area (Å²) in [6.07, 6.45) is 1.65. The zero-order valence-electron chi connectivity index (χ0n) is 17.2. The van der Waals surface area contributed by atoms with Gasteiger partial charge in [0.05, 0.1) is 6.04 Å². The number of likely N-dealkylation sites (N-methyl/N-ethyl adjacent to an activating group) is 1. The van der Waals surface area contributed by atoms with Crippen molar-refractivity contribution < 1.29 is 14.3 Å². The lowest BCUT2D eigenvalue weighted by Gasteiger charge is -2.21. The molecule has 0 bridgehead atoms. The highest BCUT2D eigenvalue weighted by atomic mass is 35.5. The average Bonchev–Trinajstić information content (AvgIpc) is 2.69. The van der Waals surface area contributed by atoms with Crippen molar-refractivity contribution in [1.82, 2.24) is 10.2 Å². The van der Waals surface area contributed by atoms with Crippen LogP contribution in [0.3, 0.4) is 0 Å². The summed E-state index contributed by atoms with van der Waals surface area (Å²) in [6.45, 7) is 1.96. The fraction of sp³-hybridized carbons (Fsp3) is 0.364. The first-order chi connectivity index (χ1) is 13.4. The van der Waals surface area contributed by atoms with Crippen molar-refractivity contribution in [2.75, 3.05) is 26.4 Å². The molecule has 2 amide bonds. The molecule has 0 saturated carbocycles. The summed E-state index contributed by atoms with van der Waals surface area (Å²) in [7, 11) is 3.37. The third-order valence-electron chi connectivity index (χ3n) is 4.56. The minimum atomic E-state index is -0.189. The number of nitrogen functional groups attached to an aromatic ring is 1. The van der Waals surface area contributed by atoms with Crippen molar-refractivity contribution >= 4 is 29.9 Å². The molecule has 2 rings (SSSR count). The normalized spacial score (nSPS) is 11.1. The summed E-state index contributed by atoms with van der Waals surface area (Å²) in [4.78, 5) is 25.8. The fourth-order valence-electron chi connectivity index (χ4n) is 2.84. The van der Waals surface area contributed by atoms with Gasteiger partial charge in [-0.05, 0) is 30.5 Å². The van der Waals surface area contributed by atoms with Crippen LogP contribution in [0, 0.1) is 0 Å². The highest BCUT2D eigenvalue weighted by molar-refractivity contribution is 5.85. The minimum Gasteiger partial charge on any atom is -0.483 e. The van der Waals surface area contributed by atoms with E-state index in [0.717, 1.165) is 11.1 Å². The molecule has 0 heterocycles. The van der Waals surface area contributed by atoms with Crippen LogP contribution in [0.25, 0.3) is 0 Å². The summed E-state index contributed by atoms with van der Waals surface area (Å²) >= 11 is 0. The Hall–Kier alpha value is -2.73. The molecule has 0 aliphatic rings. The van der Waals surface area contributed by atoms with Crippen LogP contribution in [0.1, 0.15) is 36.9 Å². The monoisotopic (exact) mass is 419 g/mol. The van der Waals surface area contributed by atoms with E-state index in [1.807, 2.05) is 55.5 Å². The largest absolute Gasteiger partial charge is 0.483 e. The van der Waals surface area contributed by atoms with Crippen LogP contribution in [0.4, 0.5) is 5.69 Å². The first-order valence-corrected chi connectivity index (χ1v) is 9.47. The molecule has 0 aliphatic heterocycles. The smallest absolute Gasteiger partial charge is 0.259 e. The first kappa shape index (κ1) is 24.3. The maximum atomic E-state index is 12.5. The van der Waals surface area contributed by atoms with Crippen LogP contribution in [-0.4, -0.2) is 37.4 Å². The lowest BCUT2D eigenvalue weighted by Crippen LogP contribution is -2.30. The topological polar surface area (TPSA) is 84.7 Å². The van der Waals surface area contributed by atoms with Crippen molar-refractivity contribution in [3.8, 4) is 5.75 Å². The molecule has 2 aromatic carbocycles. The maximum absolute atomic E-state index is 12.5. The molecule has 0 aliphatic carbocycles. The van der Waals surface area contributed by atoms with E-state index in [0.29, 0.717) is 30.7 Å². The van der Waals surface area contributed by atoms with Gasteiger partial charge in [0.25, 0.3) is 5.91 Å². The first-order valence-electron chi connectivity index (χ1n) is 9.47. The molecule has 1 atom stereocenters. The number of anilines is 1. The van der Waals surface area contributed by atoms with Gasteiger partial charge in [-0.1, -0.05) is 43.3 Å². The van der Waals surface area contributed by atoms with Gasteiger partial charge in [0.1, 0.15) is 5.75 Å². The molecule has 29 heavy (non-hydrogen) atoms. The van der Waals surface area contributed by atoms with Crippen LogP contribution in [0.15, 0.2) is 48.5 Å². The Kier molecular flexibility index (Phi) is 10.0. The minimum absolute atomic E-state index is 0. The molecule has 6 nitrogen and oxygen atoms in total. The van der Waals surface area contributed by atoms with E-state index in [9.17, 15) is 9.59 Å². The highest BCUT2D eigenvalue weighted by Crippen LogP contribution is 2.27. The van der Waals surface area contributed by atoms with E-state index in [2.05, 4.69) is 5.32 Å². The average molecular weight is 420 g/mol. The second kappa shape index (κ2) is 12.0. The summed E-state index contributed by atoms with van der Waals surface area (Å²) in [5.41, 5.74) is 8.48. The number of nitrogens with one attached hydrogen (secondary N) is 1. The van der Waals surface area contributed by atoms with Crippen LogP contribution < -0.4 is 15.8 Å². The Bertz CT molecular complexity index is 811. The molecule has 7 heteroatoms. The number of benzene rings is 2. The van der Waals surface area contributed by atoms with E-state index in [1.165, 1.54) is 4.90 Å². The zero-order valence-corrected chi connectivity index (χ0v) is 18.0. The number of ether oxygens (including phenoxy) is 1. The third kappa shape index (κ3) is 7.31. The zero-order chi connectivity index (χ0) is 20.5. The Balaban J connectivity index is 0.00000420. The Morgan fingerprint density at radius 2 is 1.76 bits per heavy atom. The second-order valence-corrected chi connectivity index (χ2v) is 6.84. The molecule has 0 spiro atoms. The van der Waals surface area contributed by atoms with Gasteiger partial charge in [0.15, 0.2) is 6.61 Å². The SMILES string of the molecule is CCC(NC(=O)CCc1ccccc1N)c1ccccc1OCC(=O)N(C)C.Cl. The molecular weight excluding hydrogens is 390 g/mol. The molecule has 2 aromatic rings. The molecule has 3 N–H and O–H groups in total. The van der Waals surface area contributed by atoms with Gasteiger partial charge in [0.2, 0.25) is 5.91 Å². The summed E-state index contributed by atoms with van der Waals surface area (Å²) in [6, 6.07) is 14.9. The summed E-state index contributed by atoms with van der Waals surface area (Å²) < 4.78 is 5.71. The van der Waals surface area contributed by atoms with Crippen LogP contribution >= 0.6 is 12.4 Å². The number of para-hydroxylation sites is 2. The number of hydrogen-bond acceptors (Lipinski definition) is 4. The number of nitrogens with zero attached hydrogens (tertiary/aromatic N) is 1. The molecule has 1 unspecified atom stereocenters. The van der Waals surface area contributed by atoms with Crippen LogP contribution in [0.5, 0.6) is 5.75 Å². The van der Waals surface area contributed by atoms with Crippen molar-refractivity contribution in [3.63, 3.8) is 0 Å². The molecule has 0 radical (unpaired) electrons. The number of halogens is 1. The van der Waals surface area contributed by atoms with Crippen molar-refractivity contribution in [2.24, 2.45) is 0 Å². The fourth-order valence-corrected chi connectivity index (χ4v) is 2.84. The number of carbonyl (C=O) groups is 2. The Morgan fingerprint density at radius 1 is 1.10 bits per heavy atom. The van der Waals surface area contributed by atoms with Gasteiger partial charge in [0, 0.05) is 31.8 Å². The van der Waals surface area contributed by atoms with E-state index in [-0.39, 0.29) is 36.9 Å². The maximum Gasteiger partial charge on any atom is 0.259 e. The predicted molar refractivity (Wildman–Crippen MR) is 118 cm³/mol. The highest BCUT2D eigenvalue weighted by Gasteiger charge is 2.18. The number of aryl methyl sites for hydroxylation is 1. The molecular formula is C22H30ClN3O3. The van der Waals surface area contributed by atoms with Gasteiger partial charge in [-0.15, -0.1) is 12.4 Å². The van der Waals surface area contributed by atoms with E-state index >= 15 is 0 Å². The van der Waals surface area contributed by atoms with E-state index < -0.39 is 0 Å². The Morgan fingerprint density at radius 3 is 2.41 bits per heavy atom. The second-order valence-electron chi connectivity index (χ2n) is 6.84. The lowest BCUT2D eigenvalue weighted by atomic mass is 10.0. The standard InChI is InChI=1S/C22H29N3O3.ClH/c1-4-19(24-21(26)14-13-16-9-5-7-11-18(16)23)17-10-6-8-12-20(17)28-15-22(27)25(2)3;/h5-12,19H,4,13-15,23H2,1-3H3,(H,24,26);1H. The van der Waals surface area contributed by atoms with Gasteiger partial charge >= 0.3 is 0 Å². The lowest BCUT2D eigenvalue weighted by molar-refractivity contribution is -0.130. The van der Waals surface area contributed by atoms with Crippen LogP contribution in [-0.2, 0) is 16.0 Å². The van der Waals surface area contributed by atoms with Crippen molar-refractivity contribution in [3.05, 3.63) is 59.7 Å². The molecule has 0 aromatic heterocycles. The van der Waals surface area contributed by atoms with E-state index in [1.54, 1.807) is 14.1 Å². The molecule has 0 fully saturated rings. The third-order valence-corrected chi connectivity index (χ3v) is 4.56. The van der Waals surface area contributed by atoms with E-state index in [4.69, 9.17) is 10.5 Å². The quantitative estimate of drug-likeness (QED) is 0.610. The Labute approximate surface area is 178 Å². The van der Waals surface area contributed by atoms with Gasteiger partial charge in [-0.3, -0.25) is 9.59 Å². The molecule has 158 valence electrons. The van der Waals surface area contributed by atoms with Crippen molar-refractivity contribution in [2.45, 2.75) is 32.2 Å². The van der Waals surface area contributed by atoms with Crippen LogP contribution in [0.2, 0.25) is 0 Å².